The highest BCUT2D eigenvalue weighted by Gasteiger charge is 2.44. The molecule has 0 spiro atoms. The third-order valence-electron chi connectivity index (χ3n) is 9.11. The van der Waals surface area contributed by atoms with Crippen molar-refractivity contribution in [2.24, 2.45) is 0 Å². The summed E-state index contributed by atoms with van der Waals surface area (Å²) in [5.74, 6) is 0.559. The summed E-state index contributed by atoms with van der Waals surface area (Å²) in [4.78, 5) is 12.7. The van der Waals surface area contributed by atoms with Crippen molar-refractivity contribution < 1.29 is 54.4 Å². The van der Waals surface area contributed by atoms with Gasteiger partial charge in [0, 0.05) is 30.8 Å². The molecular formula is C37H48N4O12S2. The Morgan fingerprint density at radius 2 is 1.00 bits per heavy atom. The van der Waals surface area contributed by atoms with Crippen molar-refractivity contribution in [2.45, 2.75) is 25.8 Å². The van der Waals surface area contributed by atoms with Crippen LogP contribution < -0.4 is 38.2 Å². The third kappa shape index (κ3) is 10.2. The predicted molar refractivity (Wildman–Crippen MR) is 210 cm³/mol. The summed E-state index contributed by atoms with van der Waals surface area (Å²) in [6.07, 6.45) is 2.98. The number of anilines is 2. The smallest absolute Gasteiger partial charge is 0.267 e. The molecule has 0 bridgehead atoms. The van der Waals surface area contributed by atoms with Crippen molar-refractivity contribution in [1.82, 2.24) is 9.97 Å². The van der Waals surface area contributed by atoms with E-state index in [1.165, 1.54) is 53.8 Å². The van der Waals surface area contributed by atoms with Crippen LogP contribution in [0.1, 0.15) is 20.3 Å². The second-order valence-corrected chi connectivity index (χ2v) is 15.3. The zero-order chi connectivity index (χ0) is 40.6. The molecular weight excluding hydrogens is 757 g/mol. The first-order valence-electron chi connectivity index (χ1n) is 17.0. The molecule has 4 aromatic rings. The van der Waals surface area contributed by atoms with Crippen molar-refractivity contribution in [1.29, 1.82) is 0 Å². The molecule has 2 aromatic heterocycles. The Kier molecular flexibility index (Phi) is 14.0. The molecule has 0 unspecified atom stereocenters. The summed E-state index contributed by atoms with van der Waals surface area (Å²) in [6, 6.07) is 13.9. The Bertz CT molecular complexity index is 2050. The highest BCUT2D eigenvalue weighted by atomic mass is 32.2. The zero-order valence-corrected chi connectivity index (χ0v) is 33.7. The number of ether oxygens (including phenoxy) is 6. The highest BCUT2D eigenvalue weighted by molar-refractivity contribution is 7.86. The van der Waals surface area contributed by atoms with Crippen LogP contribution in [0.15, 0.2) is 60.9 Å². The van der Waals surface area contributed by atoms with Crippen LogP contribution in [-0.4, -0.2) is 115 Å². The maximum atomic E-state index is 12.6. The minimum absolute atomic E-state index is 0.0907. The van der Waals surface area contributed by atoms with E-state index in [1.54, 1.807) is 55.6 Å². The number of nitrogens with zero attached hydrogens (tertiary/aromatic N) is 4. The third-order valence-corrected chi connectivity index (χ3v) is 10.9. The quantitative estimate of drug-likeness (QED) is 0.112. The summed E-state index contributed by atoms with van der Waals surface area (Å²) in [6.45, 7) is 4.22. The topological polar surface area (TPSA) is 196 Å². The van der Waals surface area contributed by atoms with Crippen molar-refractivity contribution >= 4 is 31.6 Å². The van der Waals surface area contributed by atoms with E-state index < -0.39 is 37.3 Å². The van der Waals surface area contributed by atoms with Crippen LogP contribution in [-0.2, 0) is 20.2 Å². The Hall–Kier alpha value is -5.04. The molecule has 4 rings (SSSR count). The second kappa shape index (κ2) is 18.1. The van der Waals surface area contributed by atoms with Crippen LogP contribution >= 0.6 is 0 Å². The van der Waals surface area contributed by atoms with Crippen molar-refractivity contribution in [2.75, 3.05) is 83.6 Å². The van der Waals surface area contributed by atoms with Gasteiger partial charge in [0.1, 0.15) is 0 Å². The van der Waals surface area contributed by atoms with E-state index in [-0.39, 0.29) is 19.5 Å². The van der Waals surface area contributed by atoms with E-state index in [2.05, 4.69) is 9.97 Å². The lowest BCUT2D eigenvalue weighted by Crippen LogP contribution is -2.59. The van der Waals surface area contributed by atoms with Gasteiger partial charge in [0.05, 0.1) is 94.9 Å². The van der Waals surface area contributed by atoms with Gasteiger partial charge in [0.25, 0.3) is 20.2 Å². The Morgan fingerprint density at radius 3 is 1.29 bits per heavy atom. The molecule has 2 heterocycles. The zero-order valence-electron chi connectivity index (χ0n) is 32.1. The van der Waals surface area contributed by atoms with Crippen LogP contribution in [0.4, 0.5) is 11.4 Å². The molecule has 0 aliphatic carbocycles. The summed E-state index contributed by atoms with van der Waals surface area (Å²) in [5.41, 5.74) is 1.58. The van der Waals surface area contributed by atoms with Crippen molar-refractivity contribution in [3.05, 3.63) is 60.9 Å². The summed E-state index contributed by atoms with van der Waals surface area (Å²) in [5, 5.41) is 0. The molecule has 0 radical (unpaired) electrons. The monoisotopic (exact) mass is 804 g/mol. The van der Waals surface area contributed by atoms with Gasteiger partial charge in [-0.1, -0.05) is 0 Å². The molecule has 2 aromatic carbocycles. The van der Waals surface area contributed by atoms with Crippen LogP contribution in [0, 0.1) is 0 Å². The van der Waals surface area contributed by atoms with Crippen LogP contribution in [0.3, 0.4) is 0 Å². The van der Waals surface area contributed by atoms with E-state index in [0.717, 1.165) is 0 Å². The summed E-state index contributed by atoms with van der Waals surface area (Å²) in [7, 11) is -0.582. The van der Waals surface area contributed by atoms with Gasteiger partial charge < -0.3 is 38.2 Å². The number of pyridine rings is 2. The average molecular weight is 805 g/mol. The summed E-state index contributed by atoms with van der Waals surface area (Å²) >= 11 is 0. The number of aromatic nitrogens is 2. The maximum Gasteiger partial charge on any atom is 0.267 e. The van der Waals surface area contributed by atoms with Crippen LogP contribution in [0.5, 0.6) is 34.5 Å². The molecule has 0 saturated heterocycles. The molecule has 55 heavy (non-hydrogen) atoms. The average Bonchev–Trinajstić information content (AvgIpc) is 3.16. The van der Waals surface area contributed by atoms with E-state index in [9.17, 15) is 25.9 Å². The molecule has 300 valence electrons. The molecule has 0 aliphatic heterocycles. The summed E-state index contributed by atoms with van der Waals surface area (Å²) < 4.78 is 104. The fourth-order valence-corrected chi connectivity index (χ4v) is 8.97. The minimum atomic E-state index is -4.80. The van der Waals surface area contributed by atoms with Gasteiger partial charge in [0.2, 0.25) is 11.5 Å². The largest absolute Gasteiger partial charge is 0.493 e. The number of benzene rings is 2. The van der Waals surface area contributed by atoms with Gasteiger partial charge in [-0.25, -0.2) is 0 Å². The van der Waals surface area contributed by atoms with E-state index in [4.69, 9.17) is 28.4 Å². The molecule has 0 amide bonds. The molecule has 18 heteroatoms. The first-order chi connectivity index (χ1) is 26.1. The standard InChI is InChI=1S/C37H48N4O12S2/c1-9-40(27-11-13-29(38-21-27)25-17-31(48-3)35(52-7)32(18-25)49-4)16-15-37(23-54(42,43)44,24-55(45,46)47)41(10-2)28-12-14-30(39-22-28)26-19-33(50-5)36(53-8)34(20-26)51-6/h11-14,17-22H,9-10,15-16,23-24H2,1-8H3,(H,42,43,44)(H,45,46,47). The molecule has 0 saturated carbocycles. The lowest BCUT2D eigenvalue weighted by atomic mass is 9.95. The van der Waals surface area contributed by atoms with Crippen LogP contribution in [0.2, 0.25) is 0 Å². The van der Waals surface area contributed by atoms with Gasteiger partial charge in [-0.15, -0.1) is 0 Å². The lowest BCUT2D eigenvalue weighted by Gasteiger charge is -2.44. The van der Waals surface area contributed by atoms with Gasteiger partial charge in [0.15, 0.2) is 23.0 Å². The minimum Gasteiger partial charge on any atom is -0.493 e. The molecule has 2 N–H and O–H groups in total. The van der Waals surface area contributed by atoms with Crippen molar-refractivity contribution in [3.63, 3.8) is 0 Å². The fourth-order valence-electron chi connectivity index (χ4n) is 6.68. The fraction of sp³-hybridized carbons (Fsp3) is 0.405. The van der Waals surface area contributed by atoms with Gasteiger partial charge in [-0.2, -0.15) is 16.8 Å². The first-order valence-corrected chi connectivity index (χ1v) is 20.3. The highest BCUT2D eigenvalue weighted by Crippen LogP contribution is 2.42. The predicted octanol–water partition coefficient (Wildman–Crippen LogP) is 5.12. The first kappa shape index (κ1) is 42.7. The lowest BCUT2D eigenvalue weighted by molar-refractivity contribution is 0.324. The molecule has 16 nitrogen and oxygen atoms in total. The van der Waals surface area contributed by atoms with Gasteiger partial charge >= 0.3 is 0 Å². The maximum absolute atomic E-state index is 12.6. The Labute approximate surface area is 322 Å². The number of methoxy groups -OCH3 is 6. The molecule has 0 aliphatic rings. The van der Waals surface area contributed by atoms with Crippen molar-refractivity contribution in [3.8, 4) is 57.0 Å². The number of hydrogen-bond donors (Lipinski definition) is 2. The molecule has 0 atom stereocenters. The Balaban J connectivity index is 1.72. The second-order valence-electron chi connectivity index (χ2n) is 12.4. The van der Waals surface area contributed by atoms with E-state index in [0.29, 0.717) is 74.9 Å². The van der Waals surface area contributed by atoms with Gasteiger partial charge in [-0.05, 0) is 68.8 Å². The Morgan fingerprint density at radius 1 is 0.600 bits per heavy atom. The SMILES string of the molecule is CCN(CCC(CS(=O)(=O)O)(CS(=O)(=O)O)N(CC)c1ccc(-c2cc(OC)c(OC)c(OC)c2)nc1)c1ccc(-c2cc(OC)c(OC)c(OC)c2)nc1. The van der Waals surface area contributed by atoms with Crippen LogP contribution in [0.25, 0.3) is 22.5 Å². The van der Waals surface area contributed by atoms with E-state index >= 15 is 0 Å². The molecule has 0 fully saturated rings. The normalized spacial score (nSPS) is 11.8. The van der Waals surface area contributed by atoms with Gasteiger partial charge in [-0.3, -0.25) is 19.1 Å². The van der Waals surface area contributed by atoms with E-state index in [1.807, 2.05) is 17.9 Å². The number of hydrogen-bond acceptors (Lipinski definition) is 14. The number of rotatable bonds is 20.